The van der Waals surface area contributed by atoms with E-state index in [9.17, 15) is 0 Å². The number of hydrogen-bond donors (Lipinski definition) is 0. The summed E-state index contributed by atoms with van der Waals surface area (Å²) in [6.45, 7) is 0. The third kappa shape index (κ3) is 7.54. The van der Waals surface area contributed by atoms with E-state index in [-0.39, 0.29) is 24.8 Å². The van der Waals surface area contributed by atoms with Crippen molar-refractivity contribution in [3.63, 3.8) is 0 Å². The summed E-state index contributed by atoms with van der Waals surface area (Å²) in [7, 11) is 0. The van der Waals surface area contributed by atoms with Crippen LogP contribution in [-0.4, -0.2) is 3.21 Å². The van der Waals surface area contributed by atoms with Gasteiger partial charge in [-0.1, -0.05) is 24.3 Å². The van der Waals surface area contributed by atoms with Gasteiger partial charge in [0.15, 0.2) is 0 Å². The minimum absolute atomic E-state index is 0. The molecule has 0 fully saturated rings. The fraction of sp³-hybridized carbons (Fsp3) is 0.0256. The Bertz CT molecular complexity index is 1980. The molecule has 0 aliphatic heterocycles. The summed E-state index contributed by atoms with van der Waals surface area (Å²) in [5.41, 5.74) is 15.7. The summed E-state index contributed by atoms with van der Waals surface area (Å²) in [6, 6.07) is 42.8. The largest absolute Gasteiger partial charge is 1.00 e. The second-order valence-electron chi connectivity index (χ2n) is 9.82. The van der Waals surface area contributed by atoms with Crippen LogP contribution in [0.5, 0.6) is 0 Å². The van der Waals surface area contributed by atoms with E-state index in [1.165, 1.54) is 71.6 Å². The molecule has 0 heterocycles. The van der Waals surface area contributed by atoms with Crippen molar-refractivity contribution in [2.24, 2.45) is 0 Å². The van der Waals surface area contributed by atoms with Crippen LogP contribution in [0.1, 0.15) is 22.3 Å². The quantitative estimate of drug-likeness (QED) is 0.185. The van der Waals surface area contributed by atoms with Gasteiger partial charge in [0.05, 0.1) is 0 Å². The van der Waals surface area contributed by atoms with Crippen LogP contribution in [0.15, 0.2) is 139 Å². The van der Waals surface area contributed by atoms with Gasteiger partial charge in [-0.25, -0.2) is 5.73 Å². The molecule has 0 atom stereocenters. The van der Waals surface area contributed by atoms with Crippen LogP contribution in [0.3, 0.4) is 0 Å². The van der Waals surface area contributed by atoms with Gasteiger partial charge in [0, 0.05) is 0 Å². The van der Waals surface area contributed by atoms with Gasteiger partial charge in [0.2, 0.25) is 0 Å². The summed E-state index contributed by atoms with van der Waals surface area (Å²) in [5.74, 6) is 0. The van der Waals surface area contributed by atoms with Crippen molar-refractivity contribution in [3.05, 3.63) is 183 Å². The first-order valence-corrected chi connectivity index (χ1v) is 15.4. The van der Waals surface area contributed by atoms with Gasteiger partial charge in [-0.05, 0) is 17.5 Å². The molecule has 2 aliphatic rings. The molecule has 0 unspecified atom stereocenters. The van der Waals surface area contributed by atoms with Crippen molar-refractivity contribution in [1.29, 1.82) is 0 Å². The number of allylic oxidation sites excluding steroid dienone is 2. The molecule has 0 radical (unpaired) electrons. The van der Waals surface area contributed by atoms with Crippen LogP contribution in [0.2, 0.25) is 10.0 Å². The Morgan fingerprint density at radius 2 is 1.25 bits per heavy atom. The number of rotatable bonds is 2. The monoisotopic (exact) mass is 720 g/mol. The average molecular weight is 724 g/mol. The molecule has 0 N–H and O–H groups in total. The molecule has 0 amide bonds. The van der Waals surface area contributed by atoms with E-state index in [0.717, 1.165) is 27.2 Å². The molecular weight excluding hydrogens is 701 g/mol. The van der Waals surface area contributed by atoms with Gasteiger partial charge < -0.3 is 24.8 Å². The van der Waals surface area contributed by atoms with Crippen molar-refractivity contribution in [2.75, 3.05) is 0 Å². The van der Waals surface area contributed by atoms with Crippen LogP contribution in [0, 0.1) is 12.1 Å². The van der Waals surface area contributed by atoms with E-state index in [1.807, 2.05) is 30.3 Å². The number of benzene rings is 6. The maximum Gasteiger partial charge on any atom is -0.0398 e. The summed E-state index contributed by atoms with van der Waals surface area (Å²) in [6.07, 6.45) is 5.34. The second-order valence-corrected chi connectivity index (χ2v) is 11.9. The standard InChI is InChI=1S/C21H12Cl2.C13H9.C5H.2ClH.Zr/c22-18-10-14-5-1-3-7-20(14)16(12-18)9-17-13-19(23)11-15-6-2-4-8-21(15)17;1-3-7-12-10(5-1)9-11-6-2-4-8-13(11)12;1-2-4-5-3-1;;;/h1-8,10-13H;1,3-8H,9H2;1H;2*1H;/q;2*-1;;;+2/p-2. The Hall–Kier alpha value is -3.17. The molecule has 44 heavy (non-hydrogen) atoms. The molecule has 0 nitrogen and oxygen atoms in total. The summed E-state index contributed by atoms with van der Waals surface area (Å²) in [4.78, 5) is 0. The zero-order valence-electron chi connectivity index (χ0n) is 23.3. The second kappa shape index (κ2) is 15.7. The smallest absolute Gasteiger partial charge is 0.0398 e. The molecule has 0 saturated heterocycles. The van der Waals surface area contributed by atoms with Crippen LogP contribution in [0.4, 0.5) is 0 Å². The van der Waals surface area contributed by atoms with Gasteiger partial charge in [-0.3, -0.25) is 11.5 Å². The van der Waals surface area contributed by atoms with E-state index in [4.69, 9.17) is 23.2 Å². The molecule has 0 saturated carbocycles. The van der Waals surface area contributed by atoms with Crippen LogP contribution < -0.4 is 24.8 Å². The third-order valence-corrected chi connectivity index (χ3v) is 8.94. The van der Waals surface area contributed by atoms with E-state index in [2.05, 4.69) is 114 Å². The fourth-order valence-corrected chi connectivity index (χ4v) is 6.77. The molecule has 6 aromatic carbocycles. The Kier molecular flexibility index (Phi) is 12.0. The summed E-state index contributed by atoms with van der Waals surface area (Å²) < 4.78 is 1.26. The topological polar surface area (TPSA) is 0 Å². The predicted molar refractivity (Wildman–Crippen MR) is 173 cm³/mol. The Balaban J connectivity index is 0.000000184. The SMILES string of the molecule is C1=C=[C-]C=C=1.Clc1cc([C](=[Zr+2])c2cc(Cl)cc3ccccc23)c2ccccc2c1.[Cl-].[Cl-].[c-]1ccc2c(c1)Cc1ccccc1-2. The molecule has 8 rings (SSSR count). The zero-order valence-corrected chi connectivity index (χ0v) is 28.7. The number of hydrogen-bond acceptors (Lipinski definition) is 0. The minimum Gasteiger partial charge on any atom is -1.00 e. The van der Waals surface area contributed by atoms with Crippen LogP contribution in [-0.2, 0) is 30.7 Å². The predicted octanol–water partition coefficient (Wildman–Crippen LogP) is 4.31. The third-order valence-electron chi connectivity index (χ3n) is 7.18. The number of halogens is 4. The Labute approximate surface area is 295 Å². The molecule has 212 valence electrons. The molecule has 6 aromatic rings. The first-order valence-electron chi connectivity index (χ1n) is 13.4. The normalized spacial score (nSPS) is 11.0. The average Bonchev–Trinajstić information content (AvgIpc) is 3.72. The van der Waals surface area contributed by atoms with Crippen molar-refractivity contribution in [2.45, 2.75) is 6.42 Å². The van der Waals surface area contributed by atoms with Crippen molar-refractivity contribution in [3.8, 4) is 11.1 Å². The Morgan fingerprint density at radius 1 is 0.682 bits per heavy atom. The summed E-state index contributed by atoms with van der Waals surface area (Å²) >= 11 is 14.1. The summed E-state index contributed by atoms with van der Waals surface area (Å²) in [5, 5.41) is 6.28. The van der Waals surface area contributed by atoms with Gasteiger partial charge in [0.1, 0.15) is 0 Å². The van der Waals surface area contributed by atoms with Gasteiger partial charge >= 0.3 is 166 Å². The van der Waals surface area contributed by atoms with Gasteiger partial charge in [-0.2, -0.15) is 24.3 Å². The van der Waals surface area contributed by atoms with E-state index in [1.54, 1.807) is 6.08 Å². The molecule has 5 heteroatoms. The van der Waals surface area contributed by atoms with Gasteiger partial charge in [0.25, 0.3) is 0 Å². The molecule has 2 aliphatic carbocycles. The van der Waals surface area contributed by atoms with Gasteiger partial charge in [-0.15, -0.1) is 23.3 Å². The molecule has 0 aromatic heterocycles. The molecule has 0 bridgehead atoms. The zero-order chi connectivity index (χ0) is 28.9. The molecular formula is C39H22Cl4Zr-2. The minimum atomic E-state index is 0. The molecule has 0 spiro atoms. The van der Waals surface area contributed by atoms with Crippen molar-refractivity contribution in [1.82, 2.24) is 0 Å². The fourth-order valence-electron chi connectivity index (χ4n) is 5.30. The Morgan fingerprint density at radius 3 is 1.82 bits per heavy atom. The van der Waals surface area contributed by atoms with Crippen LogP contribution >= 0.6 is 23.2 Å². The van der Waals surface area contributed by atoms with E-state index >= 15 is 0 Å². The maximum absolute atomic E-state index is 6.38. The van der Waals surface area contributed by atoms with Crippen molar-refractivity contribution < 1.29 is 49.0 Å². The van der Waals surface area contributed by atoms with Crippen LogP contribution in [0.25, 0.3) is 32.7 Å². The van der Waals surface area contributed by atoms with Crippen molar-refractivity contribution >= 4 is 48.0 Å². The first kappa shape index (κ1) is 33.7. The van der Waals surface area contributed by atoms with E-state index in [0.29, 0.717) is 0 Å². The number of fused-ring (bicyclic) bond motifs is 5. The maximum atomic E-state index is 6.38. The van der Waals surface area contributed by atoms with E-state index < -0.39 is 0 Å². The first-order chi connectivity index (χ1) is 20.6.